The summed E-state index contributed by atoms with van der Waals surface area (Å²) in [5.41, 5.74) is 0. The Kier molecular flexibility index (Phi) is 20.5. The van der Waals surface area contributed by atoms with Crippen molar-refractivity contribution in [2.45, 2.75) is 39.5 Å². The van der Waals surface area contributed by atoms with Crippen molar-refractivity contribution in [3.05, 3.63) is 0 Å². The van der Waals surface area contributed by atoms with Gasteiger partial charge < -0.3 is 4.74 Å². The summed E-state index contributed by atoms with van der Waals surface area (Å²) in [5.74, 6) is 0. The third-order valence-corrected chi connectivity index (χ3v) is 1.28. The molecule has 0 aliphatic heterocycles. The highest BCUT2D eigenvalue weighted by Crippen LogP contribution is 1.91. The molecule has 0 aromatic carbocycles. The Morgan fingerprint density at radius 3 is 1.58 bits per heavy atom. The van der Waals surface area contributed by atoms with Gasteiger partial charge in [-0.15, -0.1) is 0 Å². The quantitative estimate of drug-likeness (QED) is 0.449. The molecule has 0 saturated heterocycles. The predicted molar refractivity (Wildman–Crippen MR) is 48.6 cm³/mol. The summed E-state index contributed by atoms with van der Waals surface area (Å²) in [6.07, 6.45) is 4.91. The van der Waals surface area contributed by atoms with E-state index in [2.05, 4.69) is 13.8 Å². The second kappa shape index (κ2) is 17.1. The van der Waals surface area contributed by atoms with E-state index in [0.717, 1.165) is 13.2 Å². The van der Waals surface area contributed by atoms with Crippen molar-refractivity contribution in [3.8, 4) is 0 Å². The summed E-state index contributed by atoms with van der Waals surface area (Å²) in [5, 5.41) is 0. The lowest BCUT2D eigenvalue weighted by Gasteiger charge is -1.99. The molecule has 0 spiro atoms. The largest absolute Gasteiger partial charge is 0.577 e. The highest BCUT2D eigenvalue weighted by Gasteiger charge is 1.84. The van der Waals surface area contributed by atoms with Crippen LogP contribution in [0.3, 0.4) is 0 Å². The Labute approximate surface area is 74.8 Å². The minimum Gasteiger partial charge on any atom is -0.381 e. The molecule has 73 valence electrons. The Morgan fingerprint density at radius 2 is 1.33 bits per heavy atom. The summed E-state index contributed by atoms with van der Waals surface area (Å²) in [6.45, 7) is 6.28. The number of halogens is 2. The average Bonchev–Trinajstić information content (AvgIpc) is 2.06. The van der Waals surface area contributed by atoms with Crippen LogP contribution in [0.2, 0.25) is 0 Å². The van der Waals surface area contributed by atoms with Gasteiger partial charge in [-0.25, -0.2) is 0 Å². The Bertz CT molecular complexity index is 59.0. The molecule has 4 heteroatoms. The van der Waals surface area contributed by atoms with Crippen LogP contribution in [0.5, 0.6) is 0 Å². The van der Waals surface area contributed by atoms with E-state index >= 15 is 0 Å². The van der Waals surface area contributed by atoms with Crippen molar-refractivity contribution < 1.29 is 13.4 Å². The minimum absolute atomic E-state index is 0.955. The number of unbranched alkanes of at least 4 members (excludes halogenated alkanes) is 2. The van der Waals surface area contributed by atoms with Crippen molar-refractivity contribution in [1.29, 1.82) is 0 Å². The third kappa shape index (κ3) is 22.5. The van der Waals surface area contributed by atoms with E-state index in [-0.39, 0.29) is 0 Å². The molecule has 1 radical (unpaired) electrons. The van der Waals surface area contributed by atoms with E-state index in [1.807, 2.05) is 0 Å². The zero-order valence-corrected chi connectivity index (χ0v) is 7.98. The maximum absolute atomic E-state index is 9.50. The second-order valence-corrected chi connectivity index (χ2v) is 2.40. The van der Waals surface area contributed by atoms with Crippen molar-refractivity contribution >= 4 is 7.83 Å². The molecular weight excluding hydrogens is 161 g/mol. The molecular formula is C8H18BF2O. The summed E-state index contributed by atoms with van der Waals surface area (Å²) >= 11 is 0. The monoisotopic (exact) mass is 179 g/mol. The van der Waals surface area contributed by atoms with Gasteiger partial charge >= 0.3 is 7.83 Å². The van der Waals surface area contributed by atoms with E-state index in [1.165, 1.54) is 25.7 Å². The molecule has 0 N–H and O–H groups in total. The molecule has 0 heterocycles. The molecule has 12 heavy (non-hydrogen) atoms. The Hall–Kier alpha value is -0.115. The first kappa shape index (κ1) is 14.4. The van der Waals surface area contributed by atoms with E-state index in [9.17, 15) is 8.63 Å². The molecule has 0 fully saturated rings. The SMILES string of the molecule is CCCCOCCCC.F[B]F. The molecule has 0 saturated carbocycles. The van der Waals surface area contributed by atoms with Gasteiger partial charge in [0.15, 0.2) is 0 Å². The average molecular weight is 179 g/mol. The van der Waals surface area contributed by atoms with Crippen LogP contribution in [0.15, 0.2) is 0 Å². The van der Waals surface area contributed by atoms with Gasteiger partial charge in [-0.3, -0.25) is 8.63 Å². The maximum atomic E-state index is 9.50. The number of rotatable bonds is 6. The lowest BCUT2D eigenvalue weighted by Crippen LogP contribution is -1.95. The van der Waals surface area contributed by atoms with Gasteiger partial charge in [-0.05, 0) is 12.8 Å². The van der Waals surface area contributed by atoms with Crippen molar-refractivity contribution in [2.24, 2.45) is 0 Å². The summed E-state index contributed by atoms with van der Waals surface area (Å²) in [7, 11) is -1.00. The first-order valence-electron chi connectivity index (χ1n) is 4.43. The van der Waals surface area contributed by atoms with Crippen molar-refractivity contribution in [3.63, 3.8) is 0 Å². The molecule has 1 nitrogen and oxygen atoms in total. The van der Waals surface area contributed by atoms with Crippen LogP contribution in [-0.2, 0) is 4.74 Å². The Morgan fingerprint density at radius 1 is 1.00 bits per heavy atom. The van der Waals surface area contributed by atoms with Crippen LogP contribution in [-0.4, -0.2) is 21.0 Å². The number of ether oxygens (including phenoxy) is 1. The van der Waals surface area contributed by atoms with Gasteiger partial charge in [-0.2, -0.15) is 0 Å². The smallest absolute Gasteiger partial charge is 0.381 e. The second-order valence-electron chi connectivity index (χ2n) is 2.40. The molecule has 0 bridgehead atoms. The van der Waals surface area contributed by atoms with Gasteiger partial charge in [0.1, 0.15) is 0 Å². The summed E-state index contributed by atoms with van der Waals surface area (Å²) in [4.78, 5) is 0. The predicted octanol–water partition coefficient (Wildman–Crippen LogP) is 3.06. The summed E-state index contributed by atoms with van der Waals surface area (Å²) < 4.78 is 24.3. The highest BCUT2D eigenvalue weighted by molar-refractivity contribution is 6.15. The lowest BCUT2D eigenvalue weighted by atomic mass is 10.3. The number of hydrogen-bond donors (Lipinski definition) is 0. The van der Waals surface area contributed by atoms with Gasteiger partial charge in [0.05, 0.1) is 0 Å². The lowest BCUT2D eigenvalue weighted by molar-refractivity contribution is 0.128. The van der Waals surface area contributed by atoms with Crippen molar-refractivity contribution in [2.75, 3.05) is 13.2 Å². The topological polar surface area (TPSA) is 9.23 Å². The Balaban J connectivity index is 0. The van der Waals surface area contributed by atoms with Crippen molar-refractivity contribution in [1.82, 2.24) is 0 Å². The van der Waals surface area contributed by atoms with Crippen LogP contribution >= 0.6 is 0 Å². The van der Waals surface area contributed by atoms with E-state index < -0.39 is 7.83 Å². The number of hydrogen-bond acceptors (Lipinski definition) is 1. The van der Waals surface area contributed by atoms with Crippen LogP contribution in [0.4, 0.5) is 8.63 Å². The van der Waals surface area contributed by atoms with Crippen LogP contribution in [0.25, 0.3) is 0 Å². The fourth-order valence-electron chi connectivity index (χ4n) is 0.595. The molecule has 0 aromatic heterocycles. The summed E-state index contributed by atoms with van der Waals surface area (Å²) in [6, 6.07) is 0. The molecule has 0 amide bonds. The minimum atomic E-state index is -1.00. The zero-order chi connectivity index (χ0) is 9.66. The highest BCUT2D eigenvalue weighted by atomic mass is 19.2. The van der Waals surface area contributed by atoms with E-state index in [4.69, 9.17) is 4.74 Å². The molecule has 0 unspecified atom stereocenters. The fraction of sp³-hybridized carbons (Fsp3) is 1.00. The van der Waals surface area contributed by atoms with Crippen LogP contribution in [0, 0.1) is 0 Å². The maximum Gasteiger partial charge on any atom is 0.577 e. The molecule has 0 aliphatic rings. The van der Waals surface area contributed by atoms with Gasteiger partial charge in [-0.1, -0.05) is 26.7 Å². The first-order chi connectivity index (χ1) is 5.83. The molecule has 0 aromatic rings. The van der Waals surface area contributed by atoms with Gasteiger partial charge in [0.25, 0.3) is 0 Å². The van der Waals surface area contributed by atoms with Gasteiger partial charge in [0, 0.05) is 13.2 Å². The van der Waals surface area contributed by atoms with E-state index in [1.54, 1.807) is 0 Å². The molecule has 0 atom stereocenters. The molecule has 0 rings (SSSR count). The van der Waals surface area contributed by atoms with Crippen LogP contribution < -0.4 is 0 Å². The first-order valence-corrected chi connectivity index (χ1v) is 4.43. The molecule has 0 aliphatic carbocycles. The van der Waals surface area contributed by atoms with E-state index in [0.29, 0.717) is 0 Å². The normalized spacial score (nSPS) is 8.67. The third-order valence-electron chi connectivity index (χ3n) is 1.28. The van der Waals surface area contributed by atoms with Gasteiger partial charge in [0.2, 0.25) is 0 Å². The zero-order valence-electron chi connectivity index (χ0n) is 7.98. The standard InChI is InChI=1S/C8H18O.BF2/c1-3-5-7-9-8-6-4-2;2-1-3/h3-8H2,1-2H3;. The van der Waals surface area contributed by atoms with Crippen LogP contribution in [0.1, 0.15) is 39.5 Å². The fourth-order valence-corrected chi connectivity index (χ4v) is 0.595.